The Kier molecular flexibility index (Phi) is 5.40. The lowest BCUT2D eigenvalue weighted by molar-refractivity contribution is 0.0730. The fourth-order valence-electron chi connectivity index (χ4n) is 2.81. The van der Waals surface area contributed by atoms with Crippen LogP contribution in [0.5, 0.6) is 0 Å². The van der Waals surface area contributed by atoms with Gasteiger partial charge in [-0.25, -0.2) is 8.42 Å². The lowest BCUT2D eigenvalue weighted by Gasteiger charge is -2.25. The molecule has 0 bridgehead atoms. The SMILES string of the molecule is CC(NC(=O)c1cc(S(=O)(=O)N2CCOCC2)cn1C)c1ccccn1. The molecule has 2 aromatic rings. The summed E-state index contributed by atoms with van der Waals surface area (Å²) >= 11 is 0. The van der Waals surface area contributed by atoms with Crippen molar-refractivity contribution in [1.29, 1.82) is 0 Å². The van der Waals surface area contributed by atoms with Gasteiger partial charge in [0, 0.05) is 32.5 Å². The molecule has 1 fully saturated rings. The number of amides is 1. The quantitative estimate of drug-likeness (QED) is 0.835. The average molecular weight is 378 g/mol. The van der Waals surface area contributed by atoms with E-state index in [-0.39, 0.29) is 22.5 Å². The van der Waals surface area contributed by atoms with Crippen LogP contribution in [0.3, 0.4) is 0 Å². The zero-order chi connectivity index (χ0) is 18.7. The second-order valence-corrected chi connectivity index (χ2v) is 8.08. The number of hydrogen-bond acceptors (Lipinski definition) is 5. The van der Waals surface area contributed by atoms with Gasteiger partial charge in [0.2, 0.25) is 10.0 Å². The van der Waals surface area contributed by atoms with Crippen LogP contribution in [-0.2, 0) is 21.8 Å². The fourth-order valence-corrected chi connectivity index (χ4v) is 4.29. The van der Waals surface area contributed by atoms with Gasteiger partial charge in [-0.05, 0) is 25.1 Å². The van der Waals surface area contributed by atoms with Crippen molar-refractivity contribution >= 4 is 15.9 Å². The van der Waals surface area contributed by atoms with Crippen LogP contribution < -0.4 is 5.32 Å². The molecule has 1 aliphatic heterocycles. The van der Waals surface area contributed by atoms with Crippen molar-refractivity contribution < 1.29 is 17.9 Å². The van der Waals surface area contributed by atoms with Gasteiger partial charge >= 0.3 is 0 Å². The summed E-state index contributed by atoms with van der Waals surface area (Å²) in [6, 6.07) is 6.59. The molecule has 140 valence electrons. The number of carbonyl (C=O) groups excluding carboxylic acids is 1. The first-order valence-corrected chi connectivity index (χ1v) is 9.79. The van der Waals surface area contributed by atoms with Crippen LogP contribution in [-0.4, -0.2) is 54.5 Å². The van der Waals surface area contributed by atoms with Gasteiger partial charge in [-0.2, -0.15) is 4.31 Å². The van der Waals surface area contributed by atoms with Crippen molar-refractivity contribution in [3.63, 3.8) is 0 Å². The van der Waals surface area contributed by atoms with Gasteiger partial charge in [-0.1, -0.05) is 6.07 Å². The molecule has 8 nitrogen and oxygen atoms in total. The summed E-state index contributed by atoms with van der Waals surface area (Å²) in [6.45, 7) is 3.21. The highest BCUT2D eigenvalue weighted by molar-refractivity contribution is 7.89. The highest BCUT2D eigenvalue weighted by Gasteiger charge is 2.29. The minimum Gasteiger partial charge on any atom is -0.379 e. The van der Waals surface area contributed by atoms with E-state index in [4.69, 9.17) is 4.74 Å². The molecule has 0 aromatic carbocycles. The minimum atomic E-state index is -3.64. The molecule has 1 atom stereocenters. The van der Waals surface area contributed by atoms with E-state index in [2.05, 4.69) is 10.3 Å². The molecule has 1 aliphatic rings. The first kappa shape index (κ1) is 18.6. The summed E-state index contributed by atoms with van der Waals surface area (Å²) in [4.78, 5) is 16.9. The zero-order valence-electron chi connectivity index (χ0n) is 14.8. The number of pyridine rings is 1. The summed E-state index contributed by atoms with van der Waals surface area (Å²) in [6.07, 6.45) is 3.12. The first-order chi connectivity index (χ1) is 12.4. The van der Waals surface area contributed by atoms with Gasteiger partial charge in [-0.3, -0.25) is 9.78 Å². The van der Waals surface area contributed by atoms with E-state index in [0.717, 1.165) is 5.69 Å². The van der Waals surface area contributed by atoms with E-state index in [9.17, 15) is 13.2 Å². The van der Waals surface area contributed by atoms with E-state index >= 15 is 0 Å². The third kappa shape index (κ3) is 3.79. The molecule has 1 unspecified atom stereocenters. The minimum absolute atomic E-state index is 0.109. The molecule has 2 aromatic heterocycles. The molecule has 26 heavy (non-hydrogen) atoms. The van der Waals surface area contributed by atoms with Gasteiger partial charge in [0.05, 0.1) is 24.9 Å². The van der Waals surface area contributed by atoms with Crippen molar-refractivity contribution in [2.24, 2.45) is 7.05 Å². The summed E-state index contributed by atoms with van der Waals surface area (Å²) < 4.78 is 33.6. The predicted molar refractivity (Wildman–Crippen MR) is 95.1 cm³/mol. The third-order valence-corrected chi connectivity index (χ3v) is 6.16. The highest BCUT2D eigenvalue weighted by atomic mass is 32.2. The van der Waals surface area contributed by atoms with E-state index in [1.165, 1.54) is 21.1 Å². The van der Waals surface area contributed by atoms with Crippen LogP contribution in [0.25, 0.3) is 0 Å². The van der Waals surface area contributed by atoms with E-state index in [0.29, 0.717) is 26.3 Å². The van der Waals surface area contributed by atoms with E-state index in [1.807, 2.05) is 19.1 Å². The van der Waals surface area contributed by atoms with Gasteiger partial charge in [-0.15, -0.1) is 0 Å². The monoisotopic (exact) mass is 378 g/mol. The number of aromatic nitrogens is 2. The highest BCUT2D eigenvalue weighted by Crippen LogP contribution is 2.20. The Morgan fingerprint density at radius 3 is 2.69 bits per heavy atom. The normalized spacial score (nSPS) is 17.0. The number of aryl methyl sites for hydroxylation is 1. The Hall–Kier alpha value is -2.23. The molecule has 9 heteroatoms. The van der Waals surface area contributed by atoms with Crippen molar-refractivity contribution in [1.82, 2.24) is 19.2 Å². The lowest BCUT2D eigenvalue weighted by atomic mass is 10.2. The molecule has 0 saturated carbocycles. The number of nitrogens with zero attached hydrogens (tertiary/aromatic N) is 3. The van der Waals surface area contributed by atoms with Gasteiger partial charge in [0.15, 0.2) is 0 Å². The van der Waals surface area contributed by atoms with E-state index in [1.54, 1.807) is 19.3 Å². The van der Waals surface area contributed by atoms with Gasteiger partial charge in [0.25, 0.3) is 5.91 Å². The van der Waals surface area contributed by atoms with Crippen molar-refractivity contribution in [3.05, 3.63) is 48.0 Å². The molecular weight excluding hydrogens is 356 g/mol. The lowest BCUT2D eigenvalue weighted by Crippen LogP contribution is -2.40. The Morgan fingerprint density at radius 2 is 2.04 bits per heavy atom. The fraction of sp³-hybridized carbons (Fsp3) is 0.412. The van der Waals surface area contributed by atoms with Crippen LogP contribution in [0.1, 0.15) is 29.1 Å². The summed E-state index contributed by atoms with van der Waals surface area (Å²) in [5, 5.41) is 2.85. The molecule has 0 spiro atoms. The maximum Gasteiger partial charge on any atom is 0.268 e. The number of rotatable bonds is 5. The molecule has 1 saturated heterocycles. The van der Waals surface area contributed by atoms with Crippen LogP contribution in [0.15, 0.2) is 41.6 Å². The number of sulfonamides is 1. The maximum atomic E-state index is 12.7. The molecule has 1 amide bonds. The maximum absolute atomic E-state index is 12.7. The Bertz CT molecular complexity index is 873. The van der Waals surface area contributed by atoms with Gasteiger partial charge in [0.1, 0.15) is 10.6 Å². The molecule has 3 rings (SSSR count). The smallest absolute Gasteiger partial charge is 0.268 e. The zero-order valence-corrected chi connectivity index (χ0v) is 15.6. The van der Waals surface area contributed by atoms with Crippen LogP contribution in [0.2, 0.25) is 0 Å². The summed E-state index contributed by atoms with van der Waals surface area (Å²) in [5.74, 6) is -0.353. The second-order valence-electron chi connectivity index (χ2n) is 6.14. The number of nitrogens with one attached hydrogen (secondary N) is 1. The molecule has 3 heterocycles. The van der Waals surface area contributed by atoms with Crippen molar-refractivity contribution in [2.45, 2.75) is 17.9 Å². The average Bonchev–Trinajstić information content (AvgIpc) is 3.06. The predicted octanol–water partition coefficient (Wildman–Crippen LogP) is 0.932. The summed E-state index contributed by atoms with van der Waals surface area (Å²) in [5.41, 5.74) is 1.01. The first-order valence-electron chi connectivity index (χ1n) is 8.35. The summed E-state index contributed by atoms with van der Waals surface area (Å²) in [7, 11) is -1.99. The third-order valence-electron chi connectivity index (χ3n) is 4.30. The number of ether oxygens (including phenoxy) is 1. The largest absolute Gasteiger partial charge is 0.379 e. The topological polar surface area (TPSA) is 93.5 Å². The second kappa shape index (κ2) is 7.56. The van der Waals surface area contributed by atoms with Crippen LogP contribution >= 0.6 is 0 Å². The molecule has 1 N–H and O–H groups in total. The standard InChI is InChI=1S/C17H22N4O4S/c1-13(15-5-3-4-6-18-15)19-17(22)16-11-14(12-20(16)2)26(23,24)21-7-9-25-10-8-21/h3-6,11-13H,7-10H2,1-2H3,(H,19,22). The Morgan fingerprint density at radius 1 is 1.31 bits per heavy atom. The molecule has 0 aliphatic carbocycles. The van der Waals surface area contributed by atoms with Crippen LogP contribution in [0.4, 0.5) is 0 Å². The van der Waals surface area contributed by atoms with Crippen molar-refractivity contribution in [3.8, 4) is 0 Å². The number of hydrogen-bond donors (Lipinski definition) is 1. The van der Waals surface area contributed by atoms with Gasteiger partial charge < -0.3 is 14.6 Å². The van der Waals surface area contributed by atoms with Crippen molar-refractivity contribution in [2.75, 3.05) is 26.3 Å². The van der Waals surface area contributed by atoms with E-state index < -0.39 is 10.0 Å². The Labute approximate surface area is 152 Å². The number of carbonyl (C=O) groups is 1. The Balaban J connectivity index is 1.78. The van der Waals surface area contributed by atoms with Crippen LogP contribution in [0, 0.1) is 0 Å². The molecular formula is C17H22N4O4S. The number of morpholine rings is 1. The molecule has 0 radical (unpaired) electrons.